The highest BCUT2D eigenvalue weighted by Crippen LogP contribution is 2.30. The van der Waals surface area contributed by atoms with Crippen molar-refractivity contribution in [2.45, 2.75) is 20.0 Å². The minimum atomic E-state index is -4.29. The van der Waals surface area contributed by atoms with Gasteiger partial charge >= 0.3 is 6.18 Å². The molecule has 1 N–H and O–H groups in total. The van der Waals surface area contributed by atoms with Crippen LogP contribution in [0.5, 0.6) is 0 Å². The van der Waals surface area contributed by atoms with Crippen LogP contribution in [0.25, 0.3) is 0 Å². The zero-order valence-corrected chi connectivity index (χ0v) is 8.52. The highest BCUT2D eigenvalue weighted by molar-refractivity contribution is 5.50. The van der Waals surface area contributed by atoms with Crippen LogP contribution in [0.1, 0.15) is 19.4 Å². The lowest BCUT2D eigenvalue weighted by atomic mass is 10.2. The molecule has 0 aliphatic rings. The van der Waals surface area contributed by atoms with E-state index < -0.39 is 11.7 Å². The van der Waals surface area contributed by atoms with E-state index in [0.29, 0.717) is 5.69 Å². The molecule has 1 nitrogen and oxygen atoms in total. The Balaban J connectivity index is 2.93. The number of halogens is 3. The molecule has 1 aromatic rings. The number of allylic oxidation sites excluding steroid dienone is 2. The van der Waals surface area contributed by atoms with Gasteiger partial charge in [-0.05, 0) is 32.0 Å². The first-order valence-corrected chi connectivity index (χ1v) is 4.50. The molecule has 0 radical (unpaired) electrons. The van der Waals surface area contributed by atoms with Crippen LogP contribution < -0.4 is 5.32 Å². The van der Waals surface area contributed by atoms with Gasteiger partial charge in [0, 0.05) is 11.4 Å². The van der Waals surface area contributed by atoms with Gasteiger partial charge in [0.15, 0.2) is 0 Å². The van der Waals surface area contributed by atoms with Crippen molar-refractivity contribution in [3.63, 3.8) is 0 Å². The molecule has 0 atom stereocenters. The molecule has 0 fully saturated rings. The number of nitrogens with one attached hydrogen (secondary N) is 1. The monoisotopic (exact) mass is 215 g/mol. The van der Waals surface area contributed by atoms with Gasteiger partial charge < -0.3 is 5.32 Å². The van der Waals surface area contributed by atoms with Crippen molar-refractivity contribution in [2.75, 3.05) is 5.32 Å². The van der Waals surface area contributed by atoms with Gasteiger partial charge in [0.25, 0.3) is 0 Å². The second kappa shape index (κ2) is 4.38. The molecule has 1 rings (SSSR count). The molecule has 0 heterocycles. The molecule has 0 amide bonds. The topological polar surface area (TPSA) is 12.0 Å². The predicted molar refractivity (Wildman–Crippen MR) is 54.5 cm³/mol. The fraction of sp³-hybridized carbons (Fsp3) is 0.273. The summed E-state index contributed by atoms with van der Waals surface area (Å²) in [6, 6.07) is 5.12. The van der Waals surface area contributed by atoms with E-state index in [1.54, 1.807) is 19.1 Å². The van der Waals surface area contributed by atoms with E-state index in [0.717, 1.165) is 17.8 Å². The Labute approximate surface area is 86.6 Å². The Morgan fingerprint density at radius 3 is 2.53 bits per heavy atom. The molecule has 0 bridgehead atoms. The number of hydrogen-bond donors (Lipinski definition) is 1. The van der Waals surface area contributed by atoms with Gasteiger partial charge in [-0.1, -0.05) is 12.1 Å². The van der Waals surface area contributed by atoms with Gasteiger partial charge in [-0.25, -0.2) is 0 Å². The Hall–Kier alpha value is -1.45. The van der Waals surface area contributed by atoms with Crippen LogP contribution in [-0.2, 0) is 6.18 Å². The number of alkyl halides is 3. The third-order valence-electron chi connectivity index (χ3n) is 1.96. The summed E-state index contributed by atoms with van der Waals surface area (Å²) < 4.78 is 37.0. The molecule has 0 aromatic heterocycles. The fourth-order valence-corrected chi connectivity index (χ4v) is 1.07. The number of hydrogen-bond acceptors (Lipinski definition) is 1. The Morgan fingerprint density at radius 1 is 1.33 bits per heavy atom. The van der Waals surface area contributed by atoms with E-state index in [-0.39, 0.29) is 0 Å². The first-order chi connectivity index (χ1) is 6.93. The highest BCUT2D eigenvalue weighted by atomic mass is 19.4. The molecule has 0 unspecified atom stereocenters. The average Bonchev–Trinajstić information content (AvgIpc) is 2.17. The van der Waals surface area contributed by atoms with Crippen LogP contribution >= 0.6 is 0 Å². The molecule has 0 saturated heterocycles. The van der Waals surface area contributed by atoms with E-state index in [1.807, 2.05) is 6.92 Å². The Morgan fingerprint density at radius 2 is 2.00 bits per heavy atom. The van der Waals surface area contributed by atoms with E-state index >= 15 is 0 Å². The summed E-state index contributed by atoms with van der Waals surface area (Å²) in [7, 11) is 0. The summed E-state index contributed by atoms with van der Waals surface area (Å²) >= 11 is 0. The lowest BCUT2D eigenvalue weighted by Crippen LogP contribution is -2.05. The smallest absolute Gasteiger partial charge is 0.359 e. The van der Waals surface area contributed by atoms with Gasteiger partial charge in [-0.3, -0.25) is 0 Å². The largest absolute Gasteiger partial charge is 0.416 e. The van der Waals surface area contributed by atoms with Crippen molar-refractivity contribution in [1.29, 1.82) is 0 Å². The first-order valence-electron chi connectivity index (χ1n) is 4.50. The molecule has 15 heavy (non-hydrogen) atoms. The zero-order valence-electron chi connectivity index (χ0n) is 8.52. The maximum Gasteiger partial charge on any atom is 0.416 e. The molecule has 82 valence electrons. The third-order valence-corrected chi connectivity index (χ3v) is 1.96. The van der Waals surface area contributed by atoms with Crippen molar-refractivity contribution >= 4 is 5.69 Å². The van der Waals surface area contributed by atoms with Gasteiger partial charge in [0.05, 0.1) is 5.56 Å². The molecular formula is C11H12F3N. The highest BCUT2D eigenvalue weighted by Gasteiger charge is 2.30. The molecule has 0 aliphatic heterocycles. The van der Waals surface area contributed by atoms with Crippen LogP contribution in [0, 0.1) is 0 Å². The van der Waals surface area contributed by atoms with Crippen molar-refractivity contribution in [3.8, 4) is 0 Å². The maximum atomic E-state index is 12.3. The summed E-state index contributed by atoms with van der Waals surface area (Å²) in [5.74, 6) is 0. The normalized spacial score (nSPS) is 12.7. The Kier molecular flexibility index (Phi) is 3.39. The van der Waals surface area contributed by atoms with Crippen LogP contribution in [0.4, 0.5) is 18.9 Å². The van der Waals surface area contributed by atoms with Crippen LogP contribution in [0.3, 0.4) is 0 Å². The van der Waals surface area contributed by atoms with Crippen LogP contribution in [0.15, 0.2) is 36.0 Å². The second-order valence-corrected chi connectivity index (χ2v) is 3.18. The zero-order chi connectivity index (χ0) is 11.5. The van der Waals surface area contributed by atoms with Crippen molar-refractivity contribution in [3.05, 3.63) is 41.6 Å². The van der Waals surface area contributed by atoms with Crippen LogP contribution in [0.2, 0.25) is 0 Å². The average molecular weight is 215 g/mol. The summed E-state index contributed by atoms with van der Waals surface area (Å²) in [5, 5.41) is 2.87. The van der Waals surface area contributed by atoms with E-state index in [1.165, 1.54) is 6.07 Å². The summed E-state index contributed by atoms with van der Waals surface area (Å²) in [4.78, 5) is 0. The molecule has 0 aliphatic carbocycles. The lowest BCUT2D eigenvalue weighted by molar-refractivity contribution is -0.137. The number of rotatable bonds is 2. The van der Waals surface area contributed by atoms with Gasteiger partial charge in [-0.15, -0.1) is 0 Å². The first kappa shape index (κ1) is 11.6. The van der Waals surface area contributed by atoms with E-state index in [2.05, 4.69) is 5.32 Å². The summed E-state index contributed by atoms with van der Waals surface area (Å²) in [5.41, 5.74) is 0.617. The lowest BCUT2D eigenvalue weighted by Gasteiger charge is -2.10. The quantitative estimate of drug-likeness (QED) is 0.785. The van der Waals surface area contributed by atoms with Gasteiger partial charge in [0.2, 0.25) is 0 Å². The molecule has 0 spiro atoms. The standard InChI is InChI=1S/C11H12F3N/c1-3-8(2)15-10-6-4-5-9(7-10)11(12,13)14/h3-7,15H,1-2H3. The second-order valence-electron chi connectivity index (χ2n) is 3.18. The van der Waals surface area contributed by atoms with E-state index in [4.69, 9.17) is 0 Å². The fourth-order valence-electron chi connectivity index (χ4n) is 1.07. The third kappa shape index (κ3) is 3.31. The van der Waals surface area contributed by atoms with Crippen molar-refractivity contribution in [2.24, 2.45) is 0 Å². The predicted octanol–water partition coefficient (Wildman–Crippen LogP) is 4.04. The summed E-state index contributed by atoms with van der Waals surface area (Å²) in [6.45, 7) is 3.61. The molecule has 0 saturated carbocycles. The van der Waals surface area contributed by atoms with Gasteiger partial charge in [0.1, 0.15) is 0 Å². The van der Waals surface area contributed by atoms with Gasteiger partial charge in [-0.2, -0.15) is 13.2 Å². The van der Waals surface area contributed by atoms with Crippen molar-refractivity contribution in [1.82, 2.24) is 0 Å². The maximum absolute atomic E-state index is 12.3. The SMILES string of the molecule is CC=C(C)Nc1cccc(C(F)(F)F)c1. The Bertz CT molecular complexity index is 366. The number of benzene rings is 1. The van der Waals surface area contributed by atoms with Crippen LogP contribution in [-0.4, -0.2) is 0 Å². The minimum absolute atomic E-state index is 0.445. The minimum Gasteiger partial charge on any atom is -0.359 e. The molecular weight excluding hydrogens is 203 g/mol. The van der Waals surface area contributed by atoms with Crippen molar-refractivity contribution < 1.29 is 13.2 Å². The number of anilines is 1. The summed E-state index contributed by atoms with van der Waals surface area (Å²) in [6.07, 6.45) is -2.50. The molecule has 4 heteroatoms. The van der Waals surface area contributed by atoms with E-state index in [9.17, 15) is 13.2 Å². The molecule has 1 aromatic carbocycles.